The van der Waals surface area contributed by atoms with Gasteiger partial charge in [0.15, 0.2) is 5.78 Å². The predicted molar refractivity (Wildman–Crippen MR) is 66.2 cm³/mol. The Kier molecular flexibility index (Phi) is 2.67. The lowest BCUT2D eigenvalue weighted by molar-refractivity contribution is -0.113. The van der Waals surface area contributed by atoms with Crippen molar-refractivity contribution >= 4 is 11.4 Å². The van der Waals surface area contributed by atoms with Gasteiger partial charge in [0.1, 0.15) is 0 Å². The topological polar surface area (TPSA) is 33.2 Å². The third kappa shape index (κ3) is 1.97. The average molecular weight is 228 g/mol. The number of ketones is 1. The Bertz CT molecular complexity index is 447. The first-order chi connectivity index (χ1) is 8.34. The van der Waals surface area contributed by atoms with E-state index < -0.39 is 0 Å². The van der Waals surface area contributed by atoms with Crippen LogP contribution in [0, 0.1) is 0 Å². The van der Waals surface area contributed by atoms with Crippen molar-refractivity contribution in [3.05, 3.63) is 36.3 Å². The molecule has 1 aliphatic heterocycles. The van der Waals surface area contributed by atoms with Crippen LogP contribution in [0.5, 0.6) is 0 Å². The second-order valence-electron chi connectivity index (χ2n) is 4.79. The molecular weight excluding hydrogens is 212 g/mol. The van der Waals surface area contributed by atoms with Crippen LogP contribution in [0.2, 0.25) is 0 Å². The van der Waals surface area contributed by atoms with Crippen LogP contribution in [0.1, 0.15) is 31.4 Å². The molecule has 2 heterocycles. The van der Waals surface area contributed by atoms with E-state index in [1.165, 1.54) is 25.7 Å². The van der Waals surface area contributed by atoms with Gasteiger partial charge in [-0.1, -0.05) is 18.9 Å². The summed E-state index contributed by atoms with van der Waals surface area (Å²) in [6, 6.07) is 6.27. The van der Waals surface area contributed by atoms with Gasteiger partial charge in [-0.2, -0.15) is 0 Å². The first-order valence-corrected chi connectivity index (χ1v) is 6.27. The molecule has 1 fully saturated rings. The molecule has 88 valence electrons. The number of nitrogens with zero attached hydrogens (tertiary/aromatic N) is 2. The molecule has 0 unspecified atom stereocenters. The number of carbonyl (C=O) groups excluding carboxylic acids is 1. The Morgan fingerprint density at radius 2 is 2.06 bits per heavy atom. The number of hydrogen-bond donors (Lipinski definition) is 0. The van der Waals surface area contributed by atoms with E-state index in [-0.39, 0.29) is 5.78 Å². The molecule has 2 aliphatic rings. The third-order valence-electron chi connectivity index (χ3n) is 3.66. The van der Waals surface area contributed by atoms with E-state index in [9.17, 15) is 4.79 Å². The monoisotopic (exact) mass is 228 g/mol. The largest absolute Gasteiger partial charge is 0.366 e. The van der Waals surface area contributed by atoms with Crippen LogP contribution >= 0.6 is 0 Å². The fourth-order valence-corrected chi connectivity index (χ4v) is 2.74. The standard InChI is InChI=1S/C14H16N2O/c17-14-10-16(11-5-1-2-6-11)9-12(14)13-7-3-4-8-15-13/h3-4,7-9,11H,1-2,5-6,10H2. The van der Waals surface area contributed by atoms with Crippen molar-refractivity contribution < 1.29 is 4.79 Å². The maximum absolute atomic E-state index is 12.0. The number of carbonyl (C=O) groups is 1. The molecule has 17 heavy (non-hydrogen) atoms. The normalized spacial score (nSPS) is 21.1. The van der Waals surface area contributed by atoms with Gasteiger partial charge in [-0.15, -0.1) is 0 Å². The summed E-state index contributed by atoms with van der Waals surface area (Å²) in [6.07, 6.45) is 8.78. The second-order valence-corrected chi connectivity index (χ2v) is 4.79. The first kappa shape index (κ1) is 10.5. The van der Waals surface area contributed by atoms with Crippen LogP contribution in [0.4, 0.5) is 0 Å². The summed E-state index contributed by atoms with van der Waals surface area (Å²) in [6.45, 7) is 0.538. The van der Waals surface area contributed by atoms with Crippen molar-refractivity contribution in [3.63, 3.8) is 0 Å². The number of Topliss-reactive ketones (excluding diaryl/α,β-unsaturated/α-hetero) is 1. The van der Waals surface area contributed by atoms with E-state index >= 15 is 0 Å². The van der Waals surface area contributed by atoms with Crippen molar-refractivity contribution in [2.45, 2.75) is 31.7 Å². The molecule has 0 aromatic carbocycles. The van der Waals surface area contributed by atoms with Crippen molar-refractivity contribution in [2.75, 3.05) is 6.54 Å². The highest BCUT2D eigenvalue weighted by Crippen LogP contribution is 2.29. The molecule has 0 N–H and O–H groups in total. The first-order valence-electron chi connectivity index (χ1n) is 6.27. The van der Waals surface area contributed by atoms with Crippen molar-refractivity contribution in [1.29, 1.82) is 0 Å². The van der Waals surface area contributed by atoms with E-state index in [4.69, 9.17) is 0 Å². The molecule has 1 aromatic rings. The zero-order valence-electron chi connectivity index (χ0n) is 9.80. The van der Waals surface area contributed by atoms with E-state index in [0.29, 0.717) is 12.6 Å². The molecule has 0 bridgehead atoms. The molecular formula is C14H16N2O. The highest BCUT2D eigenvalue weighted by Gasteiger charge is 2.29. The van der Waals surface area contributed by atoms with Gasteiger partial charge in [0, 0.05) is 18.4 Å². The van der Waals surface area contributed by atoms with E-state index in [1.54, 1.807) is 6.20 Å². The number of pyridine rings is 1. The SMILES string of the molecule is O=C1CN(C2CCCC2)C=C1c1ccccn1. The van der Waals surface area contributed by atoms with Crippen molar-refractivity contribution in [2.24, 2.45) is 0 Å². The minimum Gasteiger partial charge on any atom is -0.366 e. The summed E-state index contributed by atoms with van der Waals surface area (Å²) >= 11 is 0. The zero-order valence-corrected chi connectivity index (χ0v) is 9.80. The maximum Gasteiger partial charge on any atom is 0.185 e. The van der Waals surface area contributed by atoms with E-state index in [0.717, 1.165) is 11.3 Å². The maximum atomic E-state index is 12.0. The summed E-state index contributed by atoms with van der Waals surface area (Å²) in [7, 11) is 0. The third-order valence-corrected chi connectivity index (χ3v) is 3.66. The molecule has 1 aromatic heterocycles. The lowest BCUT2D eigenvalue weighted by Crippen LogP contribution is -2.28. The van der Waals surface area contributed by atoms with Gasteiger partial charge >= 0.3 is 0 Å². The lowest BCUT2D eigenvalue weighted by atomic mass is 10.1. The molecule has 3 nitrogen and oxygen atoms in total. The summed E-state index contributed by atoms with van der Waals surface area (Å²) in [5.74, 6) is 0.204. The van der Waals surface area contributed by atoms with E-state index in [2.05, 4.69) is 9.88 Å². The Balaban J connectivity index is 1.84. The van der Waals surface area contributed by atoms with Crippen LogP contribution < -0.4 is 0 Å². The van der Waals surface area contributed by atoms with Gasteiger partial charge in [-0.25, -0.2) is 0 Å². The summed E-state index contributed by atoms with van der Waals surface area (Å²) in [5.41, 5.74) is 1.58. The molecule has 0 atom stereocenters. The van der Waals surface area contributed by atoms with Gasteiger partial charge in [-0.05, 0) is 25.0 Å². The fraction of sp³-hybridized carbons (Fsp3) is 0.429. The molecule has 3 heteroatoms. The average Bonchev–Trinajstić information content (AvgIpc) is 2.99. The number of hydrogen-bond acceptors (Lipinski definition) is 3. The molecule has 3 rings (SSSR count). The van der Waals surface area contributed by atoms with Crippen LogP contribution in [0.25, 0.3) is 5.57 Å². The van der Waals surface area contributed by atoms with E-state index in [1.807, 2.05) is 24.4 Å². The molecule has 0 saturated heterocycles. The van der Waals surface area contributed by atoms with Gasteiger partial charge in [0.25, 0.3) is 0 Å². The predicted octanol–water partition coefficient (Wildman–Crippen LogP) is 2.25. The van der Waals surface area contributed by atoms with Crippen LogP contribution in [-0.4, -0.2) is 28.3 Å². The van der Waals surface area contributed by atoms with Gasteiger partial charge in [0.05, 0.1) is 17.8 Å². The highest BCUT2D eigenvalue weighted by atomic mass is 16.1. The number of rotatable bonds is 2. The molecule has 0 radical (unpaired) electrons. The lowest BCUT2D eigenvalue weighted by Gasteiger charge is -2.22. The molecule has 1 saturated carbocycles. The Morgan fingerprint density at radius 1 is 1.24 bits per heavy atom. The minimum atomic E-state index is 0.204. The molecule has 0 spiro atoms. The number of aromatic nitrogens is 1. The quantitative estimate of drug-likeness (QED) is 0.778. The van der Waals surface area contributed by atoms with Gasteiger partial charge < -0.3 is 4.90 Å². The second kappa shape index (κ2) is 4.32. The zero-order chi connectivity index (χ0) is 11.7. The van der Waals surface area contributed by atoms with Crippen molar-refractivity contribution in [1.82, 2.24) is 9.88 Å². The van der Waals surface area contributed by atoms with Crippen molar-refractivity contribution in [3.8, 4) is 0 Å². The summed E-state index contributed by atoms with van der Waals surface area (Å²) in [5, 5.41) is 0. The summed E-state index contributed by atoms with van der Waals surface area (Å²) in [4.78, 5) is 18.5. The van der Waals surface area contributed by atoms with Crippen LogP contribution in [0.3, 0.4) is 0 Å². The fourth-order valence-electron chi connectivity index (χ4n) is 2.74. The molecule has 1 aliphatic carbocycles. The van der Waals surface area contributed by atoms with Crippen LogP contribution in [-0.2, 0) is 4.79 Å². The Labute approximate surface area is 101 Å². The Hall–Kier alpha value is -1.64. The smallest absolute Gasteiger partial charge is 0.185 e. The van der Waals surface area contributed by atoms with Gasteiger partial charge in [0.2, 0.25) is 0 Å². The Morgan fingerprint density at radius 3 is 2.76 bits per heavy atom. The summed E-state index contributed by atoms with van der Waals surface area (Å²) < 4.78 is 0. The minimum absolute atomic E-state index is 0.204. The van der Waals surface area contributed by atoms with Gasteiger partial charge in [-0.3, -0.25) is 9.78 Å². The van der Waals surface area contributed by atoms with Crippen LogP contribution in [0.15, 0.2) is 30.6 Å². The molecule has 0 amide bonds. The highest BCUT2D eigenvalue weighted by molar-refractivity contribution is 6.22.